The van der Waals surface area contributed by atoms with Crippen molar-refractivity contribution in [1.29, 1.82) is 0 Å². The van der Waals surface area contributed by atoms with Gasteiger partial charge in [-0.05, 0) is 30.2 Å². The maximum absolute atomic E-state index is 11.6. The molecule has 4 nitrogen and oxygen atoms in total. The molecule has 1 rings (SSSR count). The van der Waals surface area contributed by atoms with Gasteiger partial charge in [0.1, 0.15) is 0 Å². The fourth-order valence-electron chi connectivity index (χ4n) is 1.53. The minimum absolute atomic E-state index is 0.0725. The average molecular weight is 279 g/mol. The van der Waals surface area contributed by atoms with Crippen LogP contribution in [0.5, 0.6) is 0 Å². The zero-order valence-electron chi connectivity index (χ0n) is 11.2. The van der Waals surface area contributed by atoms with Crippen LogP contribution in [0, 0.1) is 6.92 Å². The van der Waals surface area contributed by atoms with Crippen molar-refractivity contribution in [2.75, 3.05) is 18.6 Å². The van der Waals surface area contributed by atoms with Crippen LogP contribution in [-0.4, -0.2) is 23.9 Å². The predicted molar refractivity (Wildman–Crippen MR) is 79.1 cm³/mol. The number of methoxy groups -OCH3 is 1. The lowest BCUT2D eigenvalue weighted by Crippen LogP contribution is -2.06. The number of carbonyl (C=O) groups excluding carboxylic acids is 2. The van der Waals surface area contributed by atoms with Crippen LogP contribution in [0.25, 0.3) is 6.08 Å². The molecule has 0 aliphatic heterocycles. The molecule has 0 aromatic heterocycles. The molecule has 19 heavy (non-hydrogen) atoms. The number of ether oxygens (including phenoxy) is 1. The Morgan fingerprint density at radius 2 is 2.11 bits per heavy atom. The number of hydrogen-bond acceptors (Lipinski definition) is 5. The zero-order chi connectivity index (χ0) is 14.4. The number of hydrogen-bond donors (Lipinski definition) is 1. The SMILES string of the molecule is COC(=O)c1cc(C=CCSC(C)=O)cc(N)c1C. The Morgan fingerprint density at radius 3 is 2.68 bits per heavy atom. The quantitative estimate of drug-likeness (QED) is 0.678. The minimum atomic E-state index is -0.405. The van der Waals surface area contributed by atoms with Gasteiger partial charge < -0.3 is 10.5 Å². The van der Waals surface area contributed by atoms with Gasteiger partial charge in [0, 0.05) is 18.4 Å². The van der Waals surface area contributed by atoms with E-state index in [1.807, 2.05) is 12.2 Å². The maximum Gasteiger partial charge on any atom is 0.338 e. The van der Waals surface area contributed by atoms with E-state index in [0.29, 0.717) is 22.6 Å². The third kappa shape index (κ3) is 4.44. The highest BCUT2D eigenvalue weighted by atomic mass is 32.2. The molecule has 0 amide bonds. The number of carbonyl (C=O) groups is 2. The summed E-state index contributed by atoms with van der Waals surface area (Å²) in [5.41, 5.74) is 8.39. The number of nitrogens with two attached hydrogens (primary N) is 1. The van der Waals surface area contributed by atoms with Crippen molar-refractivity contribution < 1.29 is 14.3 Å². The standard InChI is InChI=1S/C14H17NO3S/c1-9-12(14(17)18-3)7-11(8-13(9)15)5-4-6-19-10(2)16/h4-5,7-8H,6,15H2,1-3H3. The highest BCUT2D eigenvalue weighted by molar-refractivity contribution is 8.13. The van der Waals surface area contributed by atoms with Gasteiger partial charge in [0.15, 0.2) is 5.12 Å². The van der Waals surface area contributed by atoms with Crippen molar-refractivity contribution in [3.63, 3.8) is 0 Å². The molecule has 0 fully saturated rings. The van der Waals surface area contributed by atoms with Crippen LogP contribution < -0.4 is 5.73 Å². The van der Waals surface area contributed by atoms with Gasteiger partial charge in [-0.25, -0.2) is 4.79 Å². The molecule has 0 aliphatic carbocycles. The molecule has 0 saturated carbocycles. The monoisotopic (exact) mass is 279 g/mol. The van der Waals surface area contributed by atoms with Gasteiger partial charge in [-0.3, -0.25) is 4.79 Å². The molecule has 1 aromatic carbocycles. The van der Waals surface area contributed by atoms with E-state index in [4.69, 9.17) is 10.5 Å². The maximum atomic E-state index is 11.6. The third-order valence-electron chi connectivity index (χ3n) is 2.57. The molecule has 0 radical (unpaired) electrons. The summed E-state index contributed by atoms with van der Waals surface area (Å²) in [6, 6.07) is 3.52. The van der Waals surface area contributed by atoms with Gasteiger partial charge in [-0.15, -0.1) is 0 Å². The Labute approximate surface area is 117 Å². The highest BCUT2D eigenvalue weighted by Crippen LogP contribution is 2.21. The first kappa shape index (κ1) is 15.3. The molecular weight excluding hydrogens is 262 g/mol. The van der Waals surface area contributed by atoms with Crippen molar-refractivity contribution >= 4 is 34.6 Å². The van der Waals surface area contributed by atoms with Gasteiger partial charge in [0.05, 0.1) is 12.7 Å². The van der Waals surface area contributed by atoms with E-state index < -0.39 is 5.97 Å². The molecule has 0 heterocycles. The summed E-state index contributed by atoms with van der Waals surface area (Å²) in [5.74, 6) is 0.189. The van der Waals surface area contributed by atoms with E-state index in [0.717, 1.165) is 5.56 Å². The van der Waals surface area contributed by atoms with Crippen LogP contribution in [-0.2, 0) is 9.53 Å². The summed E-state index contributed by atoms with van der Waals surface area (Å²) < 4.78 is 4.72. The summed E-state index contributed by atoms with van der Waals surface area (Å²) in [5, 5.41) is 0.0725. The van der Waals surface area contributed by atoms with E-state index in [2.05, 4.69) is 0 Å². The third-order valence-corrected chi connectivity index (χ3v) is 3.33. The molecule has 1 aromatic rings. The molecule has 0 bridgehead atoms. The fraction of sp³-hybridized carbons (Fsp3) is 0.286. The van der Waals surface area contributed by atoms with Gasteiger partial charge in [0.25, 0.3) is 0 Å². The van der Waals surface area contributed by atoms with E-state index >= 15 is 0 Å². The number of anilines is 1. The number of thioether (sulfide) groups is 1. The molecule has 0 saturated heterocycles. The lowest BCUT2D eigenvalue weighted by molar-refractivity contribution is -0.109. The van der Waals surface area contributed by atoms with Gasteiger partial charge in [-0.1, -0.05) is 23.9 Å². The van der Waals surface area contributed by atoms with Crippen molar-refractivity contribution in [1.82, 2.24) is 0 Å². The fourth-order valence-corrected chi connectivity index (χ4v) is 1.95. The molecular formula is C14H17NO3S. The molecule has 0 aliphatic rings. The normalized spacial score (nSPS) is 10.7. The first-order chi connectivity index (χ1) is 8.95. The molecule has 102 valence electrons. The second-order valence-corrected chi connectivity index (χ2v) is 5.18. The van der Waals surface area contributed by atoms with Gasteiger partial charge in [0.2, 0.25) is 0 Å². The van der Waals surface area contributed by atoms with Gasteiger partial charge >= 0.3 is 5.97 Å². The number of benzene rings is 1. The van der Waals surface area contributed by atoms with Crippen molar-refractivity contribution in [3.8, 4) is 0 Å². The summed E-state index contributed by atoms with van der Waals surface area (Å²) in [4.78, 5) is 22.4. The summed E-state index contributed by atoms with van der Waals surface area (Å²) in [6.45, 7) is 3.30. The minimum Gasteiger partial charge on any atom is -0.465 e. The van der Waals surface area contributed by atoms with Crippen LogP contribution in [0.4, 0.5) is 5.69 Å². The van der Waals surface area contributed by atoms with Crippen molar-refractivity contribution in [3.05, 3.63) is 34.9 Å². The van der Waals surface area contributed by atoms with E-state index in [1.54, 1.807) is 19.1 Å². The van der Waals surface area contributed by atoms with Crippen LogP contribution in [0.3, 0.4) is 0 Å². The topological polar surface area (TPSA) is 69.4 Å². The first-order valence-electron chi connectivity index (χ1n) is 5.74. The lowest BCUT2D eigenvalue weighted by atomic mass is 10.0. The predicted octanol–water partition coefficient (Wildman–Crippen LogP) is 2.66. The Hall–Kier alpha value is -1.75. The summed E-state index contributed by atoms with van der Waals surface area (Å²) in [6.07, 6.45) is 3.69. The Bertz CT molecular complexity index is 524. The smallest absolute Gasteiger partial charge is 0.338 e. The highest BCUT2D eigenvalue weighted by Gasteiger charge is 2.12. The van der Waals surface area contributed by atoms with Crippen molar-refractivity contribution in [2.24, 2.45) is 0 Å². The number of rotatable bonds is 4. The largest absolute Gasteiger partial charge is 0.465 e. The Kier molecular flexibility index (Phi) is 5.63. The van der Waals surface area contributed by atoms with E-state index in [1.165, 1.54) is 25.8 Å². The van der Waals surface area contributed by atoms with Gasteiger partial charge in [-0.2, -0.15) is 0 Å². The molecule has 5 heteroatoms. The summed E-state index contributed by atoms with van der Waals surface area (Å²) >= 11 is 1.22. The number of nitrogen functional groups attached to an aromatic ring is 1. The van der Waals surface area contributed by atoms with Crippen LogP contribution in [0.2, 0.25) is 0 Å². The molecule has 0 unspecified atom stereocenters. The Balaban J connectivity index is 2.94. The van der Waals surface area contributed by atoms with Crippen LogP contribution >= 0.6 is 11.8 Å². The van der Waals surface area contributed by atoms with Crippen molar-refractivity contribution in [2.45, 2.75) is 13.8 Å². The number of esters is 1. The Morgan fingerprint density at radius 1 is 1.42 bits per heavy atom. The zero-order valence-corrected chi connectivity index (χ0v) is 12.0. The van der Waals surface area contributed by atoms with Crippen LogP contribution in [0.15, 0.2) is 18.2 Å². The molecule has 0 atom stereocenters. The average Bonchev–Trinajstić information content (AvgIpc) is 2.37. The van der Waals surface area contributed by atoms with E-state index in [9.17, 15) is 9.59 Å². The second-order valence-electron chi connectivity index (χ2n) is 3.98. The molecule has 2 N–H and O–H groups in total. The first-order valence-corrected chi connectivity index (χ1v) is 6.72. The van der Waals surface area contributed by atoms with Crippen LogP contribution in [0.1, 0.15) is 28.4 Å². The summed E-state index contributed by atoms with van der Waals surface area (Å²) in [7, 11) is 1.34. The second kappa shape index (κ2) is 6.99. The van der Waals surface area contributed by atoms with E-state index in [-0.39, 0.29) is 5.12 Å². The lowest BCUT2D eigenvalue weighted by Gasteiger charge is -2.08. The molecule has 0 spiro atoms.